The van der Waals surface area contributed by atoms with Crippen molar-refractivity contribution in [2.24, 2.45) is 5.10 Å². The number of nitrogens with zero attached hydrogens (tertiary/aromatic N) is 5. The molecule has 1 aliphatic rings. The average Bonchev–Trinajstić information content (AvgIpc) is 2.77. The Morgan fingerprint density at radius 2 is 1.73 bits per heavy atom. The average molecular weight is 403 g/mol. The molecule has 2 N–H and O–H groups in total. The summed E-state index contributed by atoms with van der Waals surface area (Å²) in [5.41, 5.74) is 7.17. The minimum absolute atomic E-state index is 0.381. The summed E-state index contributed by atoms with van der Waals surface area (Å²) in [6, 6.07) is 16.1. The molecular formula is C22H25N7O. The molecule has 2 aromatic carbocycles. The van der Waals surface area contributed by atoms with E-state index in [1.54, 1.807) is 6.21 Å². The number of anilines is 4. The van der Waals surface area contributed by atoms with Gasteiger partial charge in [-0.2, -0.15) is 20.1 Å². The van der Waals surface area contributed by atoms with Gasteiger partial charge in [0.1, 0.15) is 0 Å². The monoisotopic (exact) mass is 403 g/mol. The smallest absolute Gasteiger partial charge is 0.250 e. The molecule has 30 heavy (non-hydrogen) atoms. The van der Waals surface area contributed by atoms with E-state index in [1.807, 2.05) is 30.3 Å². The van der Waals surface area contributed by atoms with Crippen LogP contribution in [0.15, 0.2) is 53.6 Å². The van der Waals surface area contributed by atoms with E-state index in [-0.39, 0.29) is 0 Å². The molecule has 0 radical (unpaired) electrons. The van der Waals surface area contributed by atoms with Crippen LogP contribution in [0.3, 0.4) is 0 Å². The second-order valence-electron chi connectivity index (χ2n) is 7.11. The van der Waals surface area contributed by atoms with Gasteiger partial charge in [-0.05, 0) is 36.6 Å². The number of hydrazone groups is 1. The quantitative estimate of drug-likeness (QED) is 0.481. The lowest BCUT2D eigenvalue weighted by atomic mass is 10.1. The van der Waals surface area contributed by atoms with Crippen molar-refractivity contribution >= 4 is 29.7 Å². The van der Waals surface area contributed by atoms with Crippen molar-refractivity contribution in [3.8, 4) is 0 Å². The highest BCUT2D eigenvalue weighted by Crippen LogP contribution is 2.22. The van der Waals surface area contributed by atoms with E-state index in [9.17, 15) is 0 Å². The van der Waals surface area contributed by atoms with Gasteiger partial charge in [0.25, 0.3) is 0 Å². The first-order chi connectivity index (χ1) is 14.7. The van der Waals surface area contributed by atoms with Gasteiger partial charge in [0.05, 0.1) is 19.4 Å². The molecule has 1 saturated heterocycles. The van der Waals surface area contributed by atoms with Crippen molar-refractivity contribution in [3.63, 3.8) is 0 Å². The molecule has 0 aliphatic carbocycles. The van der Waals surface area contributed by atoms with Crippen LogP contribution in [0.4, 0.5) is 23.5 Å². The molecule has 1 fully saturated rings. The van der Waals surface area contributed by atoms with E-state index in [1.165, 1.54) is 0 Å². The normalized spacial score (nSPS) is 14.1. The molecule has 1 aromatic heterocycles. The van der Waals surface area contributed by atoms with Crippen LogP contribution in [0.1, 0.15) is 16.7 Å². The molecule has 0 amide bonds. The van der Waals surface area contributed by atoms with Gasteiger partial charge in [0.2, 0.25) is 17.8 Å². The molecular weight excluding hydrogens is 378 g/mol. The lowest BCUT2D eigenvalue weighted by molar-refractivity contribution is 0.122. The van der Waals surface area contributed by atoms with Crippen molar-refractivity contribution in [3.05, 3.63) is 65.2 Å². The number of rotatable bonds is 6. The predicted octanol–water partition coefficient (Wildman–Crippen LogP) is 3.51. The minimum atomic E-state index is 0.381. The Hall–Kier alpha value is -3.52. The van der Waals surface area contributed by atoms with Crippen LogP contribution in [0.25, 0.3) is 0 Å². The third-order valence-electron chi connectivity index (χ3n) is 4.73. The highest BCUT2D eigenvalue weighted by Gasteiger charge is 2.17. The summed E-state index contributed by atoms with van der Waals surface area (Å²) in [6.45, 7) is 6.89. The van der Waals surface area contributed by atoms with Gasteiger partial charge in [0.15, 0.2) is 0 Å². The number of hydrogen-bond donors (Lipinski definition) is 2. The van der Waals surface area contributed by atoms with Crippen LogP contribution < -0.4 is 15.6 Å². The maximum absolute atomic E-state index is 5.45. The molecule has 0 saturated carbocycles. The highest BCUT2D eigenvalue weighted by atomic mass is 16.5. The maximum Gasteiger partial charge on any atom is 0.250 e. The van der Waals surface area contributed by atoms with E-state index in [2.05, 4.69) is 67.7 Å². The Bertz CT molecular complexity index is 1020. The fraction of sp³-hybridized carbons (Fsp3) is 0.273. The van der Waals surface area contributed by atoms with Crippen LogP contribution in [0, 0.1) is 13.8 Å². The van der Waals surface area contributed by atoms with E-state index in [4.69, 9.17) is 4.74 Å². The number of ether oxygens (including phenoxy) is 1. The van der Waals surface area contributed by atoms with Crippen molar-refractivity contribution in [2.45, 2.75) is 13.8 Å². The van der Waals surface area contributed by atoms with Gasteiger partial charge in [0, 0.05) is 18.8 Å². The summed E-state index contributed by atoms with van der Waals surface area (Å²) < 4.78 is 5.45. The molecule has 154 valence electrons. The number of benzene rings is 2. The lowest BCUT2D eigenvalue weighted by Crippen LogP contribution is -2.37. The van der Waals surface area contributed by atoms with Gasteiger partial charge in [-0.3, -0.25) is 0 Å². The van der Waals surface area contributed by atoms with Crippen LogP contribution in [-0.2, 0) is 4.74 Å². The summed E-state index contributed by atoms with van der Waals surface area (Å²) in [6.07, 6.45) is 1.73. The topological polar surface area (TPSA) is 87.6 Å². The number of nitrogens with one attached hydrogen (secondary N) is 2. The number of aryl methyl sites for hydroxylation is 2. The molecule has 8 nitrogen and oxygen atoms in total. The van der Waals surface area contributed by atoms with Crippen LogP contribution in [0.2, 0.25) is 0 Å². The Labute approximate surface area is 176 Å². The predicted molar refractivity (Wildman–Crippen MR) is 120 cm³/mol. The maximum atomic E-state index is 5.45. The van der Waals surface area contributed by atoms with Crippen molar-refractivity contribution in [1.29, 1.82) is 0 Å². The molecule has 1 aliphatic heterocycles. The molecule has 4 rings (SSSR count). The fourth-order valence-electron chi connectivity index (χ4n) is 3.07. The Morgan fingerprint density at radius 3 is 2.53 bits per heavy atom. The first kappa shape index (κ1) is 19.8. The highest BCUT2D eigenvalue weighted by molar-refractivity contribution is 5.79. The first-order valence-electron chi connectivity index (χ1n) is 9.94. The zero-order chi connectivity index (χ0) is 20.8. The standard InChI is InChI=1S/C22H25N7O/c1-16-8-9-17(2)19(14-16)24-20-25-21(28-23-15-18-6-4-3-5-7-18)27-22(26-20)29-10-12-30-13-11-29/h3-9,14-15H,10-13H2,1-2H3,(H2,24,25,26,27,28). The summed E-state index contributed by atoms with van der Waals surface area (Å²) in [5.74, 6) is 1.45. The van der Waals surface area contributed by atoms with Crippen LogP contribution >= 0.6 is 0 Å². The zero-order valence-corrected chi connectivity index (χ0v) is 17.2. The van der Waals surface area contributed by atoms with E-state index >= 15 is 0 Å². The molecule has 2 heterocycles. The van der Waals surface area contributed by atoms with Gasteiger partial charge in [-0.25, -0.2) is 5.43 Å². The molecule has 0 atom stereocenters. The third kappa shape index (κ3) is 5.09. The SMILES string of the molecule is Cc1ccc(C)c(Nc2nc(NN=Cc3ccccc3)nc(N3CCOCC3)n2)c1. The van der Waals surface area contributed by atoms with Crippen molar-refractivity contribution in [1.82, 2.24) is 15.0 Å². The summed E-state index contributed by atoms with van der Waals surface area (Å²) in [5, 5.41) is 7.61. The number of aromatic nitrogens is 3. The van der Waals surface area contributed by atoms with Crippen LogP contribution in [-0.4, -0.2) is 47.5 Å². The third-order valence-corrected chi connectivity index (χ3v) is 4.73. The first-order valence-corrected chi connectivity index (χ1v) is 9.94. The molecule has 0 unspecified atom stereocenters. The Morgan fingerprint density at radius 1 is 0.967 bits per heavy atom. The summed E-state index contributed by atoms with van der Waals surface area (Å²) in [4.78, 5) is 15.8. The van der Waals surface area contributed by atoms with Gasteiger partial charge in [-0.15, -0.1) is 0 Å². The lowest BCUT2D eigenvalue weighted by Gasteiger charge is -2.27. The Balaban J connectivity index is 1.60. The van der Waals surface area contributed by atoms with Gasteiger partial charge in [-0.1, -0.05) is 42.5 Å². The summed E-state index contributed by atoms with van der Waals surface area (Å²) >= 11 is 0. The van der Waals surface area contributed by atoms with Crippen LogP contribution in [0.5, 0.6) is 0 Å². The van der Waals surface area contributed by atoms with Crippen molar-refractivity contribution in [2.75, 3.05) is 41.9 Å². The molecule has 8 heteroatoms. The second kappa shape index (κ2) is 9.32. The fourth-order valence-corrected chi connectivity index (χ4v) is 3.07. The van der Waals surface area contributed by atoms with Gasteiger partial charge < -0.3 is 15.0 Å². The summed E-state index contributed by atoms with van der Waals surface area (Å²) in [7, 11) is 0. The van der Waals surface area contributed by atoms with Crippen molar-refractivity contribution < 1.29 is 4.74 Å². The molecule has 0 bridgehead atoms. The molecule has 3 aromatic rings. The van der Waals surface area contributed by atoms with Gasteiger partial charge >= 0.3 is 0 Å². The largest absolute Gasteiger partial charge is 0.378 e. The van der Waals surface area contributed by atoms with E-state index < -0.39 is 0 Å². The van der Waals surface area contributed by atoms with E-state index in [0.29, 0.717) is 31.1 Å². The minimum Gasteiger partial charge on any atom is -0.378 e. The zero-order valence-electron chi connectivity index (χ0n) is 17.2. The van der Waals surface area contributed by atoms with E-state index in [0.717, 1.165) is 35.5 Å². The molecule has 0 spiro atoms. The Kier molecular flexibility index (Phi) is 6.14. The number of morpholine rings is 1. The second-order valence-corrected chi connectivity index (χ2v) is 7.11. The number of hydrogen-bond acceptors (Lipinski definition) is 8.